The van der Waals surface area contributed by atoms with Gasteiger partial charge in [-0.2, -0.15) is 0 Å². The average molecular weight is 206 g/mol. The van der Waals surface area contributed by atoms with Crippen molar-refractivity contribution in [2.45, 2.75) is 51.7 Å². The van der Waals surface area contributed by atoms with Gasteiger partial charge in [0.05, 0.1) is 5.25 Å². The van der Waals surface area contributed by atoms with Gasteiger partial charge in [-0.1, -0.05) is 33.6 Å². The lowest BCUT2D eigenvalue weighted by Gasteiger charge is -2.21. The molecule has 0 spiro atoms. The lowest BCUT2D eigenvalue weighted by Crippen LogP contribution is -2.27. The molecule has 0 saturated carbocycles. The van der Waals surface area contributed by atoms with Gasteiger partial charge in [-0.3, -0.25) is 0 Å². The first-order chi connectivity index (χ1) is 5.93. The fourth-order valence-corrected chi connectivity index (χ4v) is 3.49. The van der Waals surface area contributed by atoms with Crippen LogP contribution in [0.15, 0.2) is 0 Å². The molecule has 0 heterocycles. The van der Waals surface area contributed by atoms with Crippen LogP contribution in [0, 0.1) is 5.92 Å². The summed E-state index contributed by atoms with van der Waals surface area (Å²) in [6, 6.07) is 0. The fraction of sp³-hybridized carbons (Fsp3) is 1.00. The second-order valence-corrected chi connectivity index (χ2v) is 6.19. The average Bonchev–Trinajstić information content (AvgIpc) is 1.98. The molecule has 2 unspecified atom stereocenters. The normalized spacial score (nSPS) is 16.9. The van der Waals surface area contributed by atoms with E-state index in [1.54, 1.807) is 0 Å². The van der Waals surface area contributed by atoms with Crippen LogP contribution in [0.1, 0.15) is 46.5 Å². The molecule has 0 saturated heterocycles. The van der Waals surface area contributed by atoms with Crippen molar-refractivity contribution in [3.8, 4) is 0 Å². The first kappa shape index (κ1) is 12.9. The highest BCUT2D eigenvalue weighted by atomic mass is 32.2. The predicted molar refractivity (Wildman–Crippen MR) is 57.6 cm³/mol. The summed E-state index contributed by atoms with van der Waals surface area (Å²) in [5.41, 5.74) is 0. The summed E-state index contributed by atoms with van der Waals surface area (Å²) in [5, 5.41) is -0.127. The Morgan fingerprint density at radius 2 is 1.54 bits per heavy atom. The van der Waals surface area contributed by atoms with Crippen molar-refractivity contribution in [2.75, 3.05) is 6.26 Å². The van der Waals surface area contributed by atoms with Crippen molar-refractivity contribution in [2.24, 2.45) is 5.92 Å². The zero-order chi connectivity index (χ0) is 10.5. The van der Waals surface area contributed by atoms with E-state index in [1.165, 1.54) is 6.26 Å². The Morgan fingerprint density at radius 3 is 1.85 bits per heavy atom. The van der Waals surface area contributed by atoms with Crippen LogP contribution >= 0.6 is 0 Å². The summed E-state index contributed by atoms with van der Waals surface area (Å²) in [6.45, 7) is 6.18. The molecule has 0 aromatic carbocycles. The van der Waals surface area contributed by atoms with Crippen LogP contribution < -0.4 is 0 Å². The van der Waals surface area contributed by atoms with Gasteiger partial charge in [0.2, 0.25) is 0 Å². The fourth-order valence-electron chi connectivity index (χ4n) is 1.85. The molecule has 0 fully saturated rings. The van der Waals surface area contributed by atoms with Crippen LogP contribution in [0.2, 0.25) is 0 Å². The van der Waals surface area contributed by atoms with Crippen molar-refractivity contribution in [1.29, 1.82) is 0 Å². The number of hydrogen-bond acceptors (Lipinski definition) is 2. The summed E-state index contributed by atoms with van der Waals surface area (Å²) in [4.78, 5) is 0. The molecule has 2 atom stereocenters. The van der Waals surface area contributed by atoms with Crippen molar-refractivity contribution in [3.05, 3.63) is 0 Å². The maximum absolute atomic E-state index is 11.4. The van der Waals surface area contributed by atoms with Crippen LogP contribution in [0.25, 0.3) is 0 Å². The van der Waals surface area contributed by atoms with Crippen LogP contribution in [0.3, 0.4) is 0 Å². The maximum atomic E-state index is 11.4. The first-order valence-corrected chi connectivity index (χ1v) is 7.07. The molecule has 2 nitrogen and oxygen atoms in total. The van der Waals surface area contributed by atoms with E-state index in [-0.39, 0.29) is 5.25 Å². The van der Waals surface area contributed by atoms with Gasteiger partial charge >= 0.3 is 0 Å². The maximum Gasteiger partial charge on any atom is 0.150 e. The summed E-state index contributed by atoms with van der Waals surface area (Å²) in [6.07, 6.45) is 5.19. The van der Waals surface area contributed by atoms with Gasteiger partial charge < -0.3 is 0 Å². The largest absolute Gasteiger partial charge is 0.229 e. The van der Waals surface area contributed by atoms with Gasteiger partial charge in [0.1, 0.15) is 0 Å². The molecule has 13 heavy (non-hydrogen) atoms. The molecule has 0 rings (SSSR count). The van der Waals surface area contributed by atoms with E-state index in [9.17, 15) is 8.42 Å². The second-order valence-electron chi connectivity index (χ2n) is 3.92. The highest BCUT2D eigenvalue weighted by Gasteiger charge is 2.25. The van der Waals surface area contributed by atoms with E-state index in [0.717, 1.165) is 25.7 Å². The van der Waals surface area contributed by atoms with Crippen LogP contribution in [-0.2, 0) is 9.84 Å². The van der Waals surface area contributed by atoms with E-state index >= 15 is 0 Å². The van der Waals surface area contributed by atoms with Crippen LogP contribution in [0.5, 0.6) is 0 Å². The quantitative estimate of drug-likeness (QED) is 0.669. The summed E-state index contributed by atoms with van der Waals surface area (Å²) >= 11 is 0. The molecule has 0 N–H and O–H groups in total. The van der Waals surface area contributed by atoms with Gasteiger partial charge in [-0.15, -0.1) is 0 Å². The highest BCUT2D eigenvalue weighted by molar-refractivity contribution is 7.91. The molecule has 0 aliphatic carbocycles. The van der Waals surface area contributed by atoms with Gasteiger partial charge in [0, 0.05) is 6.26 Å². The molecule has 0 aliphatic rings. The standard InChI is InChI=1S/C10H22O2S/c1-5-7-9(3)10(8-6-2)13(4,11)12/h9-10H,5-8H2,1-4H3. The van der Waals surface area contributed by atoms with E-state index in [2.05, 4.69) is 6.92 Å². The SMILES string of the molecule is CCCC(C)C(CCC)S(C)(=O)=O. The molecule has 0 aromatic rings. The molecule has 80 valence electrons. The molecule has 0 amide bonds. The van der Waals surface area contributed by atoms with Crippen molar-refractivity contribution in [3.63, 3.8) is 0 Å². The Bertz CT molecular complexity index is 219. The van der Waals surface area contributed by atoms with Crippen molar-refractivity contribution < 1.29 is 8.42 Å². The minimum atomic E-state index is -2.85. The lowest BCUT2D eigenvalue weighted by molar-refractivity contribution is 0.454. The third-order valence-corrected chi connectivity index (χ3v) is 4.30. The Balaban J connectivity index is 4.42. The first-order valence-electron chi connectivity index (χ1n) is 5.12. The summed E-state index contributed by atoms with van der Waals surface area (Å²) < 4.78 is 22.9. The van der Waals surface area contributed by atoms with Gasteiger partial charge in [-0.25, -0.2) is 8.42 Å². The number of rotatable bonds is 6. The predicted octanol–water partition coefficient (Wildman–Crippen LogP) is 2.64. The summed E-state index contributed by atoms with van der Waals surface area (Å²) in [5.74, 6) is 0.306. The smallest absolute Gasteiger partial charge is 0.150 e. The minimum Gasteiger partial charge on any atom is -0.229 e. The van der Waals surface area contributed by atoms with E-state index < -0.39 is 9.84 Å². The molecule has 0 radical (unpaired) electrons. The molecule has 0 bridgehead atoms. The van der Waals surface area contributed by atoms with E-state index in [4.69, 9.17) is 0 Å². The topological polar surface area (TPSA) is 34.1 Å². The van der Waals surface area contributed by atoms with Crippen molar-refractivity contribution >= 4 is 9.84 Å². The third-order valence-electron chi connectivity index (χ3n) is 2.50. The van der Waals surface area contributed by atoms with E-state index in [1.807, 2.05) is 13.8 Å². The number of hydrogen-bond donors (Lipinski definition) is 0. The molecule has 0 aromatic heterocycles. The monoisotopic (exact) mass is 206 g/mol. The number of sulfone groups is 1. The highest BCUT2D eigenvalue weighted by Crippen LogP contribution is 2.21. The zero-order valence-electron chi connectivity index (χ0n) is 9.21. The van der Waals surface area contributed by atoms with Gasteiger partial charge in [0.15, 0.2) is 9.84 Å². The second kappa shape index (κ2) is 5.63. The Morgan fingerprint density at radius 1 is 1.08 bits per heavy atom. The van der Waals surface area contributed by atoms with E-state index in [0.29, 0.717) is 5.92 Å². The lowest BCUT2D eigenvalue weighted by atomic mass is 9.99. The molecule has 3 heteroatoms. The van der Waals surface area contributed by atoms with Gasteiger partial charge in [-0.05, 0) is 18.8 Å². The summed E-state index contributed by atoms with van der Waals surface area (Å²) in [7, 11) is -2.85. The zero-order valence-corrected chi connectivity index (χ0v) is 10.0. The Labute approximate surface area is 82.6 Å². The van der Waals surface area contributed by atoms with Crippen LogP contribution in [0.4, 0.5) is 0 Å². The Hall–Kier alpha value is -0.0500. The third kappa shape index (κ3) is 4.65. The molecular formula is C10H22O2S. The Kier molecular flexibility index (Phi) is 5.61. The molecular weight excluding hydrogens is 184 g/mol. The van der Waals surface area contributed by atoms with Gasteiger partial charge in [0.25, 0.3) is 0 Å². The minimum absolute atomic E-state index is 0.127. The van der Waals surface area contributed by atoms with Crippen LogP contribution in [-0.4, -0.2) is 19.9 Å². The van der Waals surface area contributed by atoms with Crippen molar-refractivity contribution in [1.82, 2.24) is 0 Å². The molecule has 0 aliphatic heterocycles.